The lowest BCUT2D eigenvalue weighted by atomic mass is 10.1. The summed E-state index contributed by atoms with van der Waals surface area (Å²) in [4.78, 5) is 33.1. The number of hydrogen-bond donors (Lipinski definition) is 1. The fourth-order valence-corrected chi connectivity index (χ4v) is 4.19. The van der Waals surface area contributed by atoms with E-state index in [1.165, 1.54) is 30.5 Å². The number of nitrogens with zero attached hydrogens (tertiary/aromatic N) is 3. The van der Waals surface area contributed by atoms with E-state index in [2.05, 4.69) is 15.3 Å². The second kappa shape index (κ2) is 8.85. The van der Waals surface area contributed by atoms with Crippen molar-refractivity contribution in [3.63, 3.8) is 0 Å². The molecule has 0 saturated heterocycles. The standard InChI is InChI=1S/C24H16N4O5S/c29-22-10-9-15-4-1-5-18(23(15)33-22)24(30)27-16-11-13-26-21(14-16)28(34(31)32)20-8-2-7-19-17(20)6-3-12-25-19/h1-14H,(H,31,32)(H,26,27,30)/p-1. The van der Waals surface area contributed by atoms with Gasteiger partial charge >= 0.3 is 5.63 Å². The Morgan fingerprint density at radius 3 is 2.68 bits per heavy atom. The average Bonchev–Trinajstić information content (AvgIpc) is 2.84. The van der Waals surface area contributed by atoms with Gasteiger partial charge in [0.15, 0.2) is 5.58 Å². The van der Waals surface area contributed by atoms with Crippen LogP contribution in [0.2, 0.25) is 0 Å². The minimum Gasteiger partial charge on any atom is -0.755 e. The lowest BCUT2D eigenvalue weighted by molar-refractivity contribution is 0.102. The zero-order valence-electron chi connectivity index (χ0n) is 17.4. The molecule has 0 bridgehead atoms. The summed E-state index contributed by atoms with van der Waals surface area (Å²) in [5.74, 6) is -0.451. The highest BCUT2D eigenvalue weighted by Gasteiger charge is 2.17. The zero-order valence-corrected chi connectivity index (χ0v) is 18.2. The number of hydrogen-bond acceptors (Lipinski definition) is 7. The highest BCUT2D eigenvalue weighted by Crippen LogP contribution is 2.32. The Kier molecular flexibility index (Phi) is 5.58. The van der Waals surface area contributed by atoms with E-state index in [-0.39, 0.29) is 17.0 Å². The Morgan fingerprint density at radius 2 is 1.82 bits per heavy atom. The van der Waals surface area contributed by atoms with Gasteiger partial charge in [0.1, 0.15) is 5.82 Å². The third-order valence-electron chi connectivity index (χ3n) is 5.09. The van der Waals surface area contributed by atoms with Crippen LogP contribution >= 0.6 is 0 Å². The number of fused-ring (bicyclic) bond motifs is 2. The first-order chi connectivity index (χ1) is 16.5. The molecule has 5 aromatic rings. The molecule has 3 heterocycles. The van der Waals surface area contributed by atoms with Gasteiger partial charge in [-0.1, -0.05) is 18.2 Å². The van der Waals surface area contributed by atoms with Crippen molar-refractivity contribution in [2.75, 3.05) is 9.62 Å². The molecule has 0 aliphatic heterocycles. The molecule has 168 valence electrons. The summed E-state index contributed by atoms with van der Waals surface area (Å²) in [7, 11) is 0. The molecule has 3 aromatic heterocycles. The zero-order chi connectivity index (χ0) is 23.7. The van der Waals surface area contributed by atoms with Crippen LogP contribution in [0.4, 0.5) is 17.2 Å². The van der Waals surface area contributed by atoms with Gasteiger partial charge in [0.05, 0.1) is 28.0 Å². The van der Waals surface area contributed by atoms with Gasteiger partial charge in [-0.3, -0.25) is 18.3 Å². The number of carbonyl (C=O) groups is 1. The fraction of sp³-hybridized carbons (Fsp3) is 0. The molecule has 9 nitrogen and oxygen atoms in total. The lowest BCUT2D eigenvalue weighted by Gasteiger charge is -2.26. The smallest absolute Gasteiger partial charge is 0.336 e. The lowest BCUT2D eigenvalue weighted by Crippen LogP contribution is -2.21. The number of carbonyl (C=O) groups excluding carboxylic acids is 1. The quantitative estimate of drug-likeness (QED) is 0.304. The van der Waals surface area contributed by atoms with Crippen molar-refractivity contribution >= 4 is 56.2 Å². The SMILES string of the molecule is O=C(Nc1ccnc(N(c2cccc3ncccc23)S(=O)[O-])c1)c1cccc2ccc(=O)oc12. The van der Waals surface area contributed by atoms with Crippen molar-refractivity contribution in [1.82, 2.24) is 9.97 Å². The summed E-state index contributed by atoms with van der Waals surface area (Å²) in [6.07, 6.45) is 3.01. The summed E-state index contributed by atoms with van der Waals surface area (Å²) in [5, 5.41) is 3.93. The van der Waals surface area contributed by atoms with Crippen molar-refractivity contribution in [3.8, 4) is 0 Å². The maximum atomic E-state index is 13.0. The first-order valence-electron chi connectivity index (χ1n) is 10.0. The summed E-state index contributed by atoms with van der Waals surface area (Å²) in [6, 6.07) is 19.3. The predicted molar refractivity (Wildman–Crippen MR) is 127 cm³/mol. The summed E-state index contributed by atoms with van der Waals surface area (Å²) >= 11 is -2.71. The molecule has 10 heteroatoms. The Morgan fingerprint density at radius 1 is 0.971 bits per heavy atom. The van der Waals surface area contributed by atoms with Crippen LogP contribution in [0.3, 0.4) is 0 Å². The second-order valence-electron chi connectivity index (χ2n) is 7.19. The number of pyridine rings is 2. The van der Waals surface area contributed by atoms with Gasteiger partial charge in [-0.05, 0) is 42.5 Å². The monoisotopic (exact) mass is 471 g/mol. The molecular weight excluding hydrogens is 456 g/mol. The van der Waals surface area contributed by atoms with E-state index in [4.69, 9.17) is 4.42 Å². The Labute approximate surface area is 195 Å². The number of anilines is 3. The van der Waals surface area contributed by atoms with E-state index in [9.17, 15) is 18.4 Å². The second-order valence-corrected chi connectivity index (χ2v) is 7.99. The molecule has 0 aliphatic carbocycles. The van der Waals surface area contributed by atoms with E-state index < -0.39 is 22.8 Å². The van der Waals surface area contributed by atoms with Crippen molar-refractivity contribution in [2.45, 2.75) is 0 Å². The first kappa shape index (κ1) is 21.4. The van der Waals surface area contributed by atoms with Crippen LogP contribution in [0.5, 0.6) is 0 Å². The molecular formula is C24H15N4O5S-. The maximum absolute atomic E-state index is 13.0. The molecule has 0 aliphatic rings. The van der Waals surface area contributed by atoms with Crippen molar-refractivity contribution in [3.05, 3.63) is 101 Å². The van der Waals surface area contributed by atoms with Crippen LogP contribution in [0, 0.1) is 0 Å². The van der Waals surface area contributed by atoms with Crippen LogP contribution in [0.25, 0.3) is 21.9 Å². The number of rotatable bonds is 5. The van der Waals surface area contributed by atoms with Crippen LogP contribution in [-0.4, -0.2) is 24.6 Å². The Hall–Kier alpha value is -4.41. The van der Waals surface area contributed by atoms with Crippen molar-refractivity contribution in [1.29, 1.82) is 0 Å². The molecule has 1 N–H and O–H groups in total. The van der Waals surface area contributed by atoms with E-state index in [0.717, 1.165) is 4.31 Å². The molecule has 0 fully saturated rings. The number of benzene rings is 2. The van der Waals surface area contributed by atoms with E-state index in [1.54, 1.807) is 54.7 Å². The van der Waals surface area contributed by atoms with E-state index in [0.29, 0.717) is 27.7 Å². The van der Waals surface area contributed by atoms with Crippen LogP contribution < -0.4 is 15.2 Å². The minimum absolute atomic E-state index is 0.0759. The van der Waals surface area contributed by atoms with Gasteiger partial charge in [0.2, 0.25) is 0 Å². The summed E-state index contributed by atoms with van der Waals surface area (Å²) in [6.45, 7) is 0. The molecule has 2 aromatic carbocycles. The number of nitrogens with one attached hydrogen (secondary N) is 1. The summed E-state index contributed by atoms with van der Waals surface area (Å²) in [5.41, 5.74) is 1.05. The van der Waals surface area contributed by atoms with Crippen molar-refractivity contribution < 1.29 is 18.0 Å². The largest absolute Gasteiger partial charge is 0.755 e. The van der Waals surface area contributed by atoms with Gasteiger partial charge in [-0.25, -0.2) is 9.78 Å². The molecule has 1 amide bonds. The third-order valence-corrected chi connectivity index (χ3v) is 5.78. The van der Waals surface area contributed by atoms with E-state index in [1.807, 2.05) is 0 Å². The van der Waals surface area contributed by atoms with Gasteiger partial charge < -0.3 is 14.3 Å². The average molecular weight is 471 g/mol. The van der Waals surface area contributed by atoms with Gasteiger partial charge in [-0.2, -0.15) is 0 Å². The molecule has 0 radical (unpaired) electrons. The van der Waals surface area contributed by atoms with Crippen LogP contribution in [-0.2, 0) is 11.3 Å². The number of aromatic nitrogens is 2. The predicted octanol–water partition coefficient (Wildman–Crippen LogP) is 3.92. The van der Waals surface area contributed by atoms with Crippen LogP contribution in [0.15, 0.2) is 94.4 Å². The first-order valence-corrected chi connectivity index (χ1v) is 11.1. The molecule has 1 atom stereocenters. The van der Waals surface area contributed by atoms with E-state index >= 15 is 0 Å². The number of amides is 1. The molecule has 1 unspecified atom stereocenters. The molecule has 0 spiro atoms. The van der Waals surface area contributed by atoms with Gasteiger partial charge in [-0.15, -0.1) is 0 Å². The maximum Gasteiger partial charge on any atom is 0.336 e. The van der Waals surface area contributed by atoms with Gasteiger partial charge in [0.25, 0.3) is 5.91 Å². The highest BCUT2D eigenvalue weighted by atomic mass is 32.2. The third kappa shape index (κ3) is 4.03. The van der Waals surface area contributed by atoms with Crippen LogP contribution in [0.1, 0.15) is 10.4 Å². The number of para-hydroxylation sites is 1. The molecule has 0 saturated carbocycles. The molecule has 5 rings (SSSR count). The fourth-order valence-electron chi connectivity index (χ4n) is 3.62. The normalized spacial score (nSPS) is 11.9. The van der Waals surface area contributed by atoms with Gasteiger partial charge in [0, 0.05) is 41.0 Å². The highest BCUT2D eigenvalue weighted by molar-refractivity contribution is 7.81. The summed E-state index contributed by atoms with van der Waals surface area (Å²) < 4.78 is 30.7. The topological polar surface area (TPSA) is 128 Å². The Balaban J connectivity index is 1.52. The minimum atomic E-state index is -2.71. The Bertz CT molecular complexity index is 1630. The van der Waals surface area contributed by atoms with Crippen molar-refractivity contribution in [2.24, 2.45) is 0 Å². The molecule has 34 heavy (non-hydrogen) atoms.